The molecule has 2 rings (SSSR count). The molecule has 0 saturated heterocycles. The minimum absolute atomic E-state index is 0.0833. The van der Waals surface area contributed by atoms with Gasteiger partial charge in [-0.05, 0) is 13.3 Å². The second-order valence-corrected chi connectivity index (χ2v) is 3.15. The molecule has 60 valence electrons. The van der Waals surface area contributed by atoms with Crippen molar-refractivity contribution in [1.82, 2.24) is 0 Å². The maximum atomic E-state index is 11.3. The summed E-state index contributed by atoms with van der Waals surface area (Å²) in [4.78, 5) is 11.3. The van der Waals surface area contributed by atoms with E-state index in [0.717, 1.165) is 13.0 Å². The average molecular weight is 152 g/mol. The number of carbonyl (C=O) groups excluding carboxylic acids is 1. The van der Waals surface area contributed by atoms with E-state index < -0.39 is 0 Å². The lowest BCUT2D eigenvalue weighted by Gasteiger charge is -2.15. The fourth-order valence-electron chi connectivity index (χ4n) is 1.98. The number of fused-ring (bicyclic) bond motifs is 2. The van der Waals surface area contributed by atoms with Gasteiger partial charge in [0.25, 0.3) is 0 Å². The van der Waals surface area contributed by atoms with Crippen LogP contribution in [-0.2, 0) is 9.53 Å². The smallest absolute Gasteiger partial charge is 0.149 e. The molecule has 2 heteroatoms. The van der Waals surface area contributed by atoms with Gasteiger partial charge in [-0.2, -0.15) is 0 Å². The molecule has 0 spiro atoms. The first-order valence-electron chi connectivity index (χ1n) is 4.16. The van der Waals surface area contributed by atoms with E-state index in [1.54, 1.807) is 0 Å². The highest BCUT2D eigenvalue weighted by Gasteiger charge is 2.43. The van der Waals surface area contributed by atoms with Gasteiger partial charge in [-0.1, -0.05) is 12.2 Å². The molecule has 0 aromatic rings. The van der Waals surface area contributed by atoms with Crippen molar-refractivity contribution in [2.24, 2.45) is 11.8 Å². The molecular formula is C9H12O2. The highest BCUT2D eigenvalue weighted by atomic mass is 16.5. The van der Waals surface area contributed by atoms with E-state index in [2.05, 4.69) is 0 Å². The van der Waals surface area contributed by atoms with Crippen LogP contribution < -0.4 is 0 Å². The Hall–Kier alpha value is -0.630. The van der Waals surface area contributed by atoms with Crippen molar-refractivity contribution < 1.29 is 9.53 Å². The Labute approximate surface area is 66.2 Å². The van der Waals surface area contributed by atoms with Crippen LogP contribution in [-0.4, -0.2) is 18.5 Å². The van der Waals surface area contributed by atoms with Gasteiger partial charge in [-0.15, -0.1) is 0 Å². The predicted octanol–water partition coefficient (Wildman–Crippen LogP) is 1.17. The van der Waals surface area contributed by atoms with Gasteiger partial charge in [-0.3, -0.25) is 4.79 Å². The molecule has 2 bridgehead atoms. The molecule has 1 fully saturated rings. The van der Waals surface area contributed by atoms with Gasteiger partial charge in [0.05, 0.1) is 12.0 Å². The first-order chi connectivity index (χ1) is 5.33. The van der Waals surface area contributed by atoms with Crippen molar-refractivity contribution >= 4 is 5.78 Å². The number of Topliss-reactive ketones (excluding diaryl/α,β-unsaturated/α-hetero) is 1. The first kappa shape index (κ1) is 7.04. The van der Waals surface area contributed by atoms with E-state index in [1.165, 1.54) is 0 Å². The standard InChI is InChI=1S/C9H12O2/c1-2-11-8-5-6-3-4-7(8)9(6)10/h3-4,6-8H,2,5H2,1H3. The molecule has 2 aliphatic carbocycles. The fraction of sp³-hybridized carbons (Fsp3) is 0.667. The highest BCUT2D eigenvalue weighted by molar-refractivity contribution is 5.92. The first-order valence-corrected chi connectivity index (χ1v) is 4.16. The van der Waals surface area contributed by atoms with Crippen molar-refractivity contribution in [2.75, 3.05) is 6.61 Å². The maximum absolute atomic E-state index is 11.3. The summed E-state index contributed by atoms with van der Waals surface area (Å²) in [6, 6.07) is 0. The Morgan fingerprint density at radius 3 is 2.91 bits per heavy atom. The summed E-state index contributed by atoms with van der Waals surface area (Å²) in [5, 5.41) is 0. The quantitative estimate of drug-likeness (QED) is 0.555. The number of hydrogen-bond donors (Lipinski definition) is 0. The molecule has 1 saturated carbocycles. The topological polar surface area (TPSA) is 26.3 Å². The highest BCUT2D eigenvalue weighted by Crippen LogP contribution is 2.37. The zero-order valence-electron chi connectivity index (χ0n) is 6.62. The Kier molecular flexibility index (Phi) is 1.57. The Morgan fingerprint density at radius 1 is 1.64 bits per heavy atom. The van der Waals surface area contributed by atoms with Gasteiger partial charge in [0.1, 0.15) is 5.78 Å². The second kappa shape index (κ2) is 2.45. The maximum Gasteiger partial charge on any atom is 0.149 e. The molecule has 0 aliphatic heterocycles. The van der Waals surface area contributed by atoms with Gasteiger partial charge in [0.15, 0.2) is 0 Å². The molecule has 0 heterocycles. The monoisotopic (exact) mass is 152 g/mol. The molecule has 2 nitrogen and oxygen atoms in total. The van der Waals surface area contributed by atoms with E-state index in [4.69, 9.17) is 4.74 Å². The number of ether oxygens (including phenoxy) is 1. The Balaban J connectivity index is 2.09. The van der Waals surface area contributed by atoms with Crippen LogP contribution in [0.2, 0.25) is 0 Å². The Morgan fingerprint density at radius 2 is 2.45 bits per heavy atom. The number of rotatable bonds is 2. The third-order valence-corrected chi connectivity index (χ3v) is 2.51. The molecule has 3 atom stereocenters. The minimum atomic E-state index is 0.0833. The average Bonchev–Trinajstić information content (AvgIpc) is 2.47. The van der Waals surface area contributed by atoms with Crippen molar-refractivity contribution in [3.63, 3.8) is 0 Å². The van der Waals surface area contributed by atoms with E-state index in [1.807, 2.05) is 19.1 Å². The van der Waals surface area contributed by atoms with Crippen LogP contribution in [0.3, 0.4) is 0 Å². The number of allylic oxidation sites excluding steroid dienone is 1. The van der Waals surface area contributed by atoms with Crippen molar-refractivity contribution in [2.45, 2.75) is 19.4 Å². The largest absolute Gasteiger partial charge is 0.377 e. The van der Waals surface area contributed by atoms with Gasteiger partial charge >= 0.3 is 0 Å². The van der Waals surface area contributed by atoms with Gasteiger partial charge in [-0.25, -0.2) is 0 Å². The molecule has 11 heavy (non-hydrogen) atoms. The summed E-state index contributed by atoms with van der Waals surface area (Å²) in [6.07, 6.45) is 5.11. The summed E-state index contributed by atoms with van der Waals surface area (Å²) in [6.45, 7) is 2.69. The summed E-state index contributed by atoms with van der Waals surface area (Å²) < 4.78 is 5.44. The second-order valence-electron chi connectivity index (χ2n) is 3.15. The normalized spacial score (nSPS) is 40.5. The summed E-state index contributed by atoms with van der Waals surface area (Å²) >= 11 is 0. The minimum Gasteiger partial charge on any atom is -0.377 e. The molecule has 2 aliphatic rings. The Bertz CT molecular complexity index is 208. The lowest BCUT2D eigenvalue weighted by atomic mass is 10.0. The zero-order valence-corrected chi connectivity index (χ0v) is 6.62. The summed E-state index contributed by atoms with van der Waals surface area (Å²) in [5.74, 6) is 0.625. The molecular weight excluding hydrogens is 140 g/mol. The van der Waals surface area contributed by atoms with Crippen molar-refractivity contribution in [3.8, 4) is 0 Å². The molecule has 0 aromatic heterocycles. The number of carbonyl (C=O) groups is 1. The molecule has 0 aromatic carbocycles. The third-order valence-electron chi connectivity index (χ3n) is 2.51. The number of ketones is 1. The van der Waals surface area contributed by atoms with Crippen LogP contribution in [0, 0.1) is 11.8 Å². The van der Waals surface area contributed by atoms with Crippen LogP contribution in [0.4, 0.5) is 0 Å². The van der Waals surface area contributed by atoms with Crippen molar-refractivity contribution in [3.05, 3.63) is 12.2 Å². The predicted molar refractivity (Wildman–Crippen MR) is 41.2 cm³/mol. The van der Waals surface area contributed by atoms with Gasteiger partial charge in [0.2, 0.25) is 0 Å². The van der Waals surface area contributed by atoms with Crippen LogP contribution >= 0.6 is 0 Å². The van der Waals surface area contributed by atoms with E-state index in [0.29, 0.717) is 5.78 Å². The summed E-state index contributed by atoms with van der Waals surface area (Å²) in [7, 11) is 0. The molecule has 0 N–H and O–H groups in total. The molecule has 0 radical (unpaired) electrons. The zero-order chi connectivity index (χ0) is 7.84. The molecule has 0 amide bonds. The van der Waals surface area contributed by atoms with Crippen LogP contribution in [0.15, 0.2) is 12.2 Å². The number of hydrogen-bond acceptors (Lipinski definition) is 2. The van der Waals surface area contributed by atoms with Crippen LogP contribution in [0.1, 0.15) is 13.3 Å². The van der Waals surface area contributed by atoms with Crippen LogP contribution in [0.5, 0.6) is 0 Å². The lowest BCUT2D eigenvalue weighted by molar-refractivity contribution is -0.121. The van der Waals surface area contributed by atoms with Gasteiger partial charge in [0, 0.05) is 12.5 Å². The van der Waals surface area contributed by atoms with Gasteiger partial charge < -0.3 is 4.74 Å². The molecule has 3 unspecified atom stereocenters. The van der Waals surface area contributed by atoms with E-state index >= 15 is 0 Å². The fourth-order valence-corrected chi connectivity index (χ4v) is 1.98. The summed E-state index contributed by atoms with van der Waals surface area (Å²) in [5.41, 5.74) is 0. The SMILES string of the molecule is CCOC1CC2C=CC1C2=O. The van der Waals surface area contributed by atoms with Crippen LogP contribution in [0.25, 0.3) is 0 Å². The third kappa shape index (κ3) is 0.932. The van der Waals surface area contributed by atoms with Crippen molar-refractivity contribution in [1.29, 1.82) is 0 Å². The van der Waals surface area contributed by atoms with E-state index in [-0.39, 0.29) is 17.9 Å². The lowest BCUT2D eigenvalue weighted by Crippen LogP contribution is -2.19. The van der Waals surface area contributed by atoms with E-state index in [9.17, 15) is 4.79 Å².